The van der Waals surface area contributed by atoms with E-state index < -0.39 is 0 Å². The van der Waals surface area contributed by atoms with Crippen LogP contribution in [0.4, 0.5) is 22.0 Å². The number of anilines is 3. The average Bonchev–Trinajstić information content (AvgIpc) is 2.83. The van der Waals surface area contributed by atoms with Crippen LogP contribution in [0.5, 0.6) is 0 Å². The Balaban J connectivity index is 1.40. The number of halogens is 1. The molecule has 2 aromatic rings. The highest BCUT2D eigenvalue weighted by atomic mass is 32.1. The molecular formula is C26H37FN6S. The molecule has 0 saturated carbocycles. The second-order valence-corrected chi connectivity index (χ2v) is 10.2. The molecule has 0 amide bonds. The smallest absolute Gasteiger partial charge is 0.232 e. The lowest BCUT2D eigenvalue weighted by Gasteiger charge is -2.36. The summed E-state index contributed by atoms with van der Waals surface area (Å²) < 4.78 is 13.1. The predicted octanol–water partition coefficient (Wildman–Crippen LogP) is 5.15. The van der Waals surface area contributed by atoms with Gasteiger partial charge in [0.15, 0.2) is 5.11 Å². The van der Waals surface area contributed by atoms with E-state index in [1.807, 2.05) is 12.1 Å². The number of nitrogens with zero attached hydrogens (tertiary/aromatic N) is 4. The molecule has 2 saturated heterocycles. The molecule has 1 aromatic carbocycles. The zero-order valence-electron chi connectivity index (χ0n) is 20.4. The van der Waals surface area contributed by atoms with E-state index in [1.165, 1.54) is 44.2 Å². The van der Waals surface area contributed by atoms with Gasteiger partial charge in [-0.2, -0.15) is 9.97 Å². The molecule has 4 rings (SSSR count). The van der Waals surface area contributed by atoms with Crippen molar-refractivity contribution in [1.29, 1.82) is 0 Å². The van der Waals surface area contributed by atoms with Crippen LogP contribution in [0.1, 0.15) is 57.9 Å². The van der Waals surface area contributed by atoms with E-state index in [4.69, 9.17) is 22.2 Å². The maximum absolute atomic E-state index is 13.1. The van der Waals surface area contributed by atoms with Crippen LogP contribution in [-0.4, -0.2) is 47.3 Å². The first kappa shape index (κ1) is 24.6. The molecule has 1 aromatic heterocycles. The third kappa shape index (κ3) is 6.78. The van der Waals surface area contributed by atoms with Gasteiger partial charge in [0.1, 0.15) is 17.5 Å². The number of piperidine rings is 2. The van der Waals surface area contributed by atoms with E-state index in [2.05, 4.69) is 40.3 Å². The molecule has 6 nitrogen and oxygen atoms in total. The Labute approximate surface area is 208 Å². The summed E-state index contributed by atoms with van der Waals surface area (Å²) in [6.45, 7) is 8.40. The van der Waals surface area contributed by atoms with Gasteiger partial charge >= 0.3 is 0 Å². The van der Waals surface area contributed by atoms with Crippen molar-refractivity contribution in [3.05, 3.63) is 41.7 Å². The van der Waals surface area contributed by atoms with Crippen molar-refractivity contribution in [3.63, 3.8) is 0 Å². The maximum Gasteiger partial charge on any atom is 0.232 e. The van der Waals surface area contributed by atoms with Gasteiger partial charge in [-0.15, -0.1) is 0 Å². The Morgan fingerprint density at radius 1 is 1.06 bits per heavy atom. The van der Waals surface area contributed by atoms with E-state index in [-0.39, 0.29) is 5.82 Å². The predicted molar refractivity (Wildman–Crippen MR) is 142 cm³/mol. The molecule has 0 radical (unpaired) electrons. The van der Waals surface area contributed by atoms with Gasteiger partial charge < -0.3 is 20.4 Å². The quantitative estimate of drug-likeness (QED) is 0.416. The van der Waals surface area contributed by atoms with Gasteiger partial charge in [0, 0.05) is 38.3 Å². The standard InChI is InChI=1S/C26H37FN6S/c1-19-7-6-15-32(18-19)23-17-24(33-16-4-3-8-20(33)2)30-25(29-23)31-26(34)28-14-5-9-21-10-12-22(27)13-11-21/h10-13,17,19-20H,3-9,14-16,18H2,1-2H3,(H2,28,29,30,31,34)/t19-,20+/m1/s1. The summed E-state index contributed by atoms with van der Waals surface area (Å²) in [6.07, 6.45) is 7.89. The fraction of sp³-hybridized carbons (Fsp3) is 0.577. The minimum absolute atomic E-state index is 0.202. The van der Waals surface area contributed by atoms with Crippen LogP contribution in [0.15, 0.2) is 30.3 Å². The summed E-state index contributed by atoms with van der Waals surface area (Å²) in [5, 5.41) is 7.02. The summed E-state index contributed by atoms with van der Waals surface area (Å²) in [5.74, 6) is 2.99. The monoisotopic (exact) mass is 484 g/mol. The Bertz CT molecular complexity index is 953. The maximum atomic E-state index is 13.1. The summed E-state index contributed by atoms with van der Waals surface area (Å²) in [7, 11) is 0. The first-order valence-corrected chi connectivity index (χ1v) is 13.1. The number of hydrogen-bond donors (Lipinski definition) is 2. The van der Waals surface area contributed by atoms with Crippen molar-refractivity contribution >= 4 is 34.9 Å². The highest BCUT2D eigenvalue weighted by Gasteiger charge is 2.24. The molecule has 0 aliphatic carbocycles. The van der Waals surface area contributed by atoms with E-state index in [0.717, 1.165) is 56.2 Å². The summed E-state index contributed by atoms with van der Waals surface area (Å²) in [6, 6.07) is 9.29. The lowest BCUT2D eigenvalue weighted by molar-refractivity contribution is 0.444. The third-order valence-corrected chi connectivity index (χ3v) is 7.09. The molecule has 2 fully saturated rings. The topological polar surface area (TPSA) is 56.3 Å². The van der Waals surface area contributed by atoms with Crippen molar-refractivity contribution in [2.24, 2.45) is 5.92 Å². The molecule has 2 atom stereocenters. The van der Waals surface area contributed by atoms with Gasteiger partial charge in [-0.25, -0.2) is 4.39 Å². The fourth-order valence-electron chi connectivity index (χ4n) is 4.91. The minimum Gasteiger partial charge on any atom is -0.362 e. The third-order valence-electron chi connectivity index (χ3n) is 6.84. The Morgan fingerprint density at radius 2 is 1.85 bits per heavy atom. The molecule has 184 valence electrons. The van der Waals surface area contributed by atoms with Gasteiger partial charge in [-0.1, -0.05) is 19.1 Å². The van der Waals surface area contributed by atoms with Crippen LogP contribution in [0.25, 0.3) is 0 Å². The summed E-state index contributed by atoms with van der Waals surface area (Å²) >= 11 is 5.55. The van der Waals surface area contributed by atoms with Crippen LogP contribution in [-0.2, 0) is 6.42 Å². The number of thiocarbonyl (C=S) groups is 1. The van der Waals surface area contributed by atoms with Crippen molar-refractivity contribution in [2.75, 3.05) is 41.3 Å². The van der Waals surface area contributed by atoms with Crippen molar-refractivity contribution in [1.82, 2.24) is 15.3 Å². The van der Waals surface area contributed by atoms with Gasteiger partial charge in [-0.3, -0.25) is 0 Å². The second-order valence-electron chi connectivity index (χ2n) is 9.75. The normalized spacial score (nSPS) is 20.8. The average molecular weight is 485 g/mol. The molecule has 0 unspecified atom stereocenters. The highest BCUT2D eigenvalue weighted by Crippen LogP contribution is 2.29. The molecular weight excluding hydrogens is 447 g/mol. The molecule has 2 N–H and O–H groups in total. The molecule has 2 aliphatic rings. The summed E-state index contributed by atoms with van der Waals surface area (Å²) in [5.41, 5.74) is 1.12. The van der Waals surface area contributed by atoms with Gasteiger partial charge in [0.2, 0.25) is 5.95 Å². The van der Waals surface area contributed by atoms with Crippen LogP contribution in [0.3, 0.4) is 0 Å². The van der Waals surface area contributed by atoms with Gasteiger partial charge in [0.25, 0.3) is 0 Å². The van der Waals surface area contributed by atoms with Crippen LogP contribution in [0.2, 0.25) is 0 Å². The van der Waals surface area contributed by atoms with Crippen LogP contribution in [0, 0.1) is 11.7 Å². The molecule has 8 heteroatoms. The Kier molecular flexibility index (Phi) is 8.53. The number of benzene rings is 1. The zero-order valence-corrected chi connectivity index (χ0v) is 21.2. The second kappa shape index (κ2) is 11.8. The van der Waals surface area contributed by atoms with E-state index in [0.29, 0.717) is 23.0 Å². The Morgan fingerprint density at radius 3 is 2.62 bits per heavy atom. The SMILES string of the molecule is C[C@@H]1CCCN(c2cc(N3CCCC[C@@H]3C)nc(NC(=S)NCCCc3ccc(F)cc3)n2)C1. The number of hydrogen-bond acceptors (Lipinski definition) is 5. The lowest BCUT2D eigenvalue weighted by atomic mass is 10.0. The van der Waals surface area contributed by atoms with Gasteiger partial charge in [0.05, 0.1) is 0 Å². The number of rotatable bonds is 7. The zero-order chi connectivity index (χ0) is 23.9. The van der Waals surface area contributed by atoms with Crippen molar-refractivity contribution in [3.8, 4) is 0 Å². The molecule has 0 bridgehead atoms. The molecule has 0 spiro atoms. The van der Waals surface area contributed by atoms with Crippen molar-refractivity contribution < 1.29 is 4.39 Å². The fourth-order valence-corrected chi connectivity index (χ4v) is 5.11. The molecule has 2 aliphatic heterocycles. The Hall–Kier alpha value is -2.48. The first-order valence-electron chi connectivity index (χ1n) is 12.7. The van der Waals surface area contributed by atoms with E-state index in [1.54, 1.807) is 0 Å². The first-order chi connectivity index (χ1) is 16.5. The molecule has 34 heavy (non-hydrogen) atoms. The summed E-state index contributed by atoms with van der Waals surface area (Å²) in [4.78, 5) is 14.5. The largest absolute Gasteiger partial charge is 0.362 e. The number of nitrogens with one attached hydrogen (secondary N) is 2. The van der Waals surface area contributed by atoms with Gasteiger partial charge in [-0.05, 0) is 87.7 Å². The lowest BCUT2D eigenvalue weighted by Crippen LogP contribution is -2.39. The van der Waals surface area contributed by atoms with E-state index >= 15 is 0 Å². The highest BCUT2D eigenvalue weighted by molar-refractivity contribution is 7.80. The van der Waals surface area contributed by atoms with Crippen LogP contribution < -0.4 is 20.4 Å². The van der Waals surface area contributed by atoms with E-state index in [9.17, 15) is 4.39 Å². The van der Waals surface area contributed by atoms with Crippen molar-refractivity contribution in [2.45, 2.75) is 64.8 Å². The number of aryl methyl sites for hydroxylation is 1. The van der Waals surface area contributed by atoms with Crippen LogP contribution >= 0.6 is 12.2 Å². The molecule has 3 heterocycles. The number of aromatic nitrogens is 2. The minimum atomic E-state index is -0.202.